The average molecular weight is 235 g/mol. The molecule has 0 aromatic carbocycles. The molecular formula is C6H9N3O3S2. The zero-order valence-electron chi connectivity index (χ0n) is 7.27. The van der Waals surface area contributed by atoms with Crippen LogP contribution >= 0.6 is 11.3 Å². The maximum atomic E-state index is 11.3. The molecule has 0 atom stereocenters. The fraction of sp³-hybridized carbons (Fsp3) is 0.167. The van der Waals surface area contributed by atoms with E-state index in [2.05, 4.69) is 4.72 Å². The number of hydrogen-bond donors (Lipinski definition) is 3. The van der Waals surface area contributed by atoms with Crippen LogP contribution in [0.5, 0.6) is 0 Å². The molecule has 0 unspecified atom stereocenters. The van der Waals surface area contributed by atoms with Crippen molar-refractivity contribution in [2.45, 2.75) is 4.21 Å². The number of rotatable bonds is 3. The third-order valence-electron chi connectivity index (χ3n) is 1.54. The number of nitrogens with two attached hydrogens (primary N) is 2. The third kappa shape index (κ3) is 1.86. The lowest BCUT2D eigenvalue weighted by Gasteiger charge is -1.95. The first-order valence-corrected chi connectivity index (χ1v) is 5.81. The van der Waals surface area contributed by atoms with Gasteiger partial charge in [0, 0.05) is 0 Å². The normalized spacial score (nSPS) is 11.5. The molecule has 0 saturated heterocycles. The second-order valence-electron chi connectivity index (χ2n) is 2.42. The maximum absolute atomic E-state index is 11.3. The predicted octanol–water partition coefficient (Wildman–Crippen LogP) is -0.663. The van der Waals surface area contributed by atoms with Crippen LogP contribution in [0.25, 0.3) is 0 Å². The fourth-order valence-electron chi connectivity index (χ4n) is 0.807. The lowest BCUT2D eigenvalue weighted by atomic mass is 10.3. The van der Waals surface area contributed by atoms with Crippen molar-refractivity contribution in [2.24, 2.45) is 5.73 Å². The van der Waals surface area contributed by atoms with Crippen LogP contribution in [0, 0.1) is 0 Å². The Morgan fingerprint density at radius 1 is 1.57 bits per heavy atom. The second kappa shape index (κ2) is 3.56. The van der Waals surface area contributed by atoms with E-state index in [4.69, 9.17) is 11.5 Å². The molecule has 0 fully saturated rings. The molecule has 1 amide bonds. The maximum Gasteiger partial charge on any atom is 0.251 e. The Hall–Kier alpha value is -1.12. The molecule has 14 heavy (non-hydrogen) atoms. The highest BCUT2D eigenvalue weighted by atomic mass is 32.2. The van der Waals surface area contributed by atoms with Crippen molar-refractivity contribution in [2.75, 3.05) is 12.8 Å². The van der Waals surface area contributed by atoms with Crippen molar-refractivity contribution in [3.8, 4) is 0 Å². The van der Waals surface area contributed by atoms with Crippen molar-refractivity contribution in [1.82, 2.24) is 4.72 Å². The van der Waals surface area contributed by atoms with Crippen LogP contribution in [0.3, 0.4) is 0 Å². The summed E-state index contributed by atoms with van der Waals surface area (Å²) in [5.74, 6) is -0.740. The average Bonchev–Trinajstić information content (AvgIpc) is 2.48. The van der Waals surface area contributed by atoms with Gasteiger partial charge in [-0.2, -0.15) is 0 Å². The number of thiophene rings is 1. The van der Waals surface area contributed by atoms with Gasteiger partial charge in [-0.15, -0.1) is 11.3 Å². The van der Waals surface area contributed by atoms with Crippen molar-refractivity contribution >= 4 is 32.3 Å². The highest BCUT2D eigenvalue weighted by molar-refractivity contribution is 7.91. The van der Waals surface area contributed by atoms with Gasteiger partial charge in [0.1, 0.15) is 4.21 Å². The molecule has 6 nitrogen and oxygen atoms in total. The molecule has 1 heterocycles. The Morgan fingerprint density at radius 3 is 2.50 bits per heavy atom. The first-order valence-electron chi connectivity index (χ1n) is 3.51. The lowest BCUT2D eigenvalue weighted by Crippen LogP contribution is -2.17. The van der Waals surface area contributed by atoms with Gasteiger partial charge in [0.25, 0.3) is 5.91 Å². The minimum absolute atomic E-state index is 0.0219. The number of amides is 1. The Kier molecular flexibility index (Phi) is 2.79. The SMILES string of the molecule is CNS(=O)(=O)c1cc(C(N)=O)c(N)s1. The van der Waals surface area contributed by atoms with E-state index < -0.39 is 15.9 Å². The molecule has 0 saturated carbocycles. The molecule has 8 heteroatoms. The number of hydrogen-bond acceptors (Lipinski definition) is 5. The van der Waals surface area contributed by atoms with Crippen LogP contribution in [0.15, 0.2) is 10.3 Å². The smallest absolute Gasteiger partial charge is 0.251 e. The number of anilines is 1. The van der Waals surface area contributed by atoms with E-state index in [1.165, 1.54) is 7.05 Å². The Labute approximate surface area is 85.0 Å². The lowest BCUT2D eigenvalue weighted by molar-refractivity contribution is 0.100. The number of nitrogens with one attached hydrogen (secondary N) is 1. The van der Waals surface area contributed by atoms with Gasteiger partial charge < -0.3 is 11.5 Å². The Bertz CT molecular complexity index is 463. The molecule has 0 aliphatic heterocycles. The van der Waals surface area contributed by atoms with Gasteiger partial charge in [0.15, 0.2) is 0 Å². The topological polar surface area (TPSA) is 115 Å². The molecule has 0 bridgehead atoms. The van der Waals surface area contributed by atoms with Crippen molar-refractivity contribution in [1.29, 1.82) is 0 Å². The summed E-state index contributed by atoms with van der Waals surface area (Å²) >= 11 is 0.801. The largest absolute Gasteiger partial charge is 0.390 e. The predicted molar refractivity (Wildman–Crippen MR) is 53.5 cm³/mol. The molecule has 5 N–H and O–H groups in total. The van der Waals surface area contributed by atoms with E-state index in [1.807, 2.05) is 0 Å². The summed E-state index contributed by atoms with van der Waals surface area (Å²) < 4.78 is 24.7. The summed E-state index contributed by atoms with van der Waals surface area (Å²) in [6, 6.07) is 1.16. The van der Waals surface area contributed by atoms with E-state index >= 15 is 0 Å². The van der Waals surface area contributed by atoms with Crippen molar-refractivity contribution in [3.63, 3.8) is 0 Å². The summed E-state index contributed by atoms with van der Waals surface area (Å²) in [5.41, 5.74) is 10.4. The van der Waals surface area contributed by atoms with Gasteiger partial charge in [-0.1, -0.05) is 0 Å². The zero-order chi connectivity index (χ0) is 10.9. The van der Waals surface area contributed by atoms with Gasteiger partial charge in [-0.25, -0.2) is 13.1 Å². The first kappa shape index (κ1) is 11.0. The number of nitrogen functional groups attached to an aromatic ring is 1. The Balaban J connectivity index is 3.29. The molecule has 1 rings (SSSR count). The number of sulfonamides is 1. The van der Waals surface area contributed by atoms with Crippen LogP contribution < -0.4 is 16.2 Å². The van der Waals surface area contributed by atoms with E-state index in [1.54, 1.807) is 0 Å². The standard InChI is InChI=1S/C6H9N3O3S2/c1-9-14(11,12)4-2-3(5(7)10)6(8)13-4/h2,9H,8H2,1H3,(H2,7,10). The summed E-state index contributed by atoms with van der Waals surface area (Å²) in [6.45, 7) is 0. The molecule has 1 aromatic rings. The van der Waals surface area contributed by atoms with Gasteiger partial charge in [0.2, 0.25) is 10.0 Å². The van der Waals surface area contributed by atoms with E-state index in [-0.39, 0.29) is 14.8 Å². The van der Waals surface area contributed by atoms with Crippen LogP contribution in [0.4, 0.5) is 5.00 Å². The van der Waals surface area contributed by atoms with Crippen LogP contribution in [0.1, 0.15) is 10.4 Å². The molecule has 78 valence electrons. The van der Waals surface area contributed by atoms with Gasteiger partial charge in [-0.05, 0) is 13.1 Å². The van der Waals surface area contributed by atoms with E-state index in [0.29, 0.717) is 0 Å². The minimum atomic E-state index is -3.55. The number of primary amides is 1. The van der Waals surface area contributed by atoms with Crippen molar-refractivity contribution in [3.05, 3.63) is 11.6 Å². The van der Waals surface area contributed by atoms with Crippen LogP contribution in [-0.4, -0.2) is 21.4 Å². The molecular weight excluding hydrogens is 226 g/mol. The van der Waals surface area contributed by atoms with Gasteiger partial charge in [-0.3, -0.25) is 4.79 Å². The van der Waals surface area contributed by atoms with E-state index in [9.17, 15) is 13.2 Å². The van der Waals surface area contributed by atoms with Crippen molar-refractivity contribution < 1.29 is 13.2 Å². The summed E-state index contributed by atoms with van der Waals surface area (Å²) in [7, 11) is -2.28. The minimum Gasteiger partial charge on any atom is -0.390 e. The number of carbonyl (C=O) groups is 1. The monoisotopic (exact) mass is 235 g/mol. The third-order valence-corrected chi connectivity index (χ3v) is 4.39. The Morgan fingerprint density at radius 2 is 2.14 bits per heavy atom. The highest BCUT2D eigenvalue weighted by Crippen LogP contribution is 2.27. The molecule has 0 radical (unpaired) electrons. The number of carbonyl (C=O) groups excluding carboxylic acids is 1. The second-order valence-corrected chi connectivity index (χ2v) is 5.61. The summed E-state index contributed by atoms with van der Waals surface area (Å²) in [4.78, 5) is 10.8. The molecule has 0 aliphatic rings. The van der Waals surface area contributed by atoms with Crippen LogP contribution in [-0.2, 0) is 10.0 Å². The highest BCUT2D eigenvalue weighted by Gasteiger charge is 2.19. The zero-order valence-corrected chi connectivity index (χ0v) is 8.91. The summed E-state index contributed by atoms with van der Waals surface area (Å²) in [5, 5.41) is 0.103. The first-order chi connectivity index (χ1) is 6.38. The molecule has 0 spiro atoms. The summed E-state index contributed by atoms with van der Waals surface area (Å²) in [6.07, 6.45) is 0. The van der Waals surface area contributed by atoms with Crippen LogP contribution in [0.2, 0.25) is 0 Å². The fourth-order valence-corrected chi connectivity index (χ4v) is 2.90. The molecule has 1 aromatic heterocycles. The quantitative estimate of drug-likeness (QED) is 0.644. The van der Waals surface area contributed by atoms with E-state index in [0.717, 1.165) is 17.4 Å². The van der Waals surface area contributed by atoms with Gasteiger partial charge in [0.05, 0.1) is 10.6 Å². The van der Waals surface area contributed by atoms with Gasteiger partial charge >= 0.3 is 0 Å². The molecule has 0 aliphatic carbocycles.